The summed E-state index contributed by atoms with van der Waals surface area (Å²) in [6.07, 6.45) is 4.62. The van der Waals surface area contributed by atoms with E-state index in [1.165, 1.54) is 49.3 Å². The summed E-state index contributed by atoms with van der Waals surface area (Å²) >= 11 is 6.30. The largest absolute Gasteiger partial charge is 0.483 e. The number of carbonyl (C=O) groups excluding carboxylic acids is 1. The summed E-state index contributed by atoms with van der Waals surface area (Å²) in [5, 5.41) is 30.6. The van der Waals surface area contributed by atoms with Crippen molar-refractivity contribution < 1.29 is 29.3 Å². The van der Waals surface area contributed by atoms with Crippen LogP contribution in [0.5, 0.6) is 5.75 Å². The topological polar surface area (TPSA) is 209 Å². The van der Waals surface area contributed by atoms with Gasteiger partial charge in [0.1, 0.15) is 24.2 Å². The number of fused-ring (bicyclic) bond motifs is 1. The number of nitrogens with one attached hydrogen (secondary N) is 2. The molecule has 1 aromatic carbocycles. The summed E-state index contributed by atoms with van der Waals surface area (Å²) in [4.78, 5) is 40.2. The third-order valence-electron chi connectivity index (χ3n) is 9.68. The van der Waals surface area contributed by atoms with Crippen molar-refractivity contribution in [2.45, 2.75) is 69.2 Å². The molecule has 3 heterocycles. The molecule has 236 valence electrons. The van der Waals surface area contributed by atoms with E-state index in [2.05, 4.69) is 35.6 Å². The van der Waals surface area contributed by atoms with Gasteiger partial charge in [-0.3, -0.25) is 9.36 Å². The number of carboxylic acid groups (broad SMARTS) is 1. The second-order valence-electron chi connectivity index (χ2n) is 12.4. The molecule has 4 atom stereocenters. The van der Waals surface area contributed by atoms with Crippen LogP contribution in [0.25, 0.3) is 21.6 Å². The Labute approximate surface area is 261 Å². The zero-order valence-electron chi connectivity index (χ0n) is 24.1. The van der Waals surface area contributed by atoms with Gasteiger partial charge in [0.15, 0.2) is 35.9 Å². The van der Waals surface area contributed by atoms with Crippen molar-refractivity contribution in [3.05, 3.63) is 51.9 Å². The molecule has 4 aliphatic carbocycles. The Morgan fingerprint density at radius 3 is 2.62 bits per heavy atom. The number of aliphatic hydroxyl groups excluding tert-OH is 1. The smallest absolute Gasteiger partial charge is 0.333 e. The maximum atomic E-state index is 13.0. The Hall–Kier alpha value is -4.17. The van der Waals surface area contributed by atoms with Gasteiger partial charge in [0.25, 0.3) is 5.91 Å². The molecule has 45 heavy (non-hydrogen) atoms. The van der Waals surface area contributed by atoms with Crippen molar-refractivity contribution in [3.63, 3.8) is 0 Å². The Kier molecular flexibility index (Phi) is 7.86. The molecular formula is C29H32ClN9O6. The van der Waals surface area contributed by atoms with E-state index in [9.17, 15) is 19.8 Å². The average molecular weight is 638 g/mol. The van der Waals surface area contributed by atoms with Gasteiger partial charge in [0.05, 0.1) is 6.33 Å². The molecule has 1 saturated heterocycles. The molecule has 8 rings (SSSR count). The van der Waals surface area contributed by atoms with Crippen LogP contribution >= 0.6 is 11.6 Å². The van der Waals surface area contributed by atoms with Gasteiger partial charge in [-0.15, -0.1) is 0 Å². The highest BCUT2D eigenvalue weighted by molar-refractivity contribution is 6.30. The van der Waals surface area contributed by atoms with Gasteiger partial charge in [0.2, 0.25) is 0 Å². The van der Waals surface area contributed by atoms with Gasteiger partial charge < -0.3 is 30.3 Å². The fourth-order valence-corrected chi connectivity index (χ4v) is 8.18. The van der Waals surface area contributed by atoms with Crippen LogP contribution in [-0.4, -0.2) is 72.5 Å². The summed E-state index contributed by atoms with van der Waals surface area (Å²) < 4.78 is 12.9. The summed E-state index contributed by atoms with van der Waals surface area (Å²) in [6, 6.07) is 4.04. The number of rotatable bonds is 10. The third-order valence-corrected chi connectivity index (χ3v) is 9.92. The summed E-state index contributed by atoms with van der Waals surface area (Å²) in [5.41, 5.74) is 10.1. The SMILES string of the molecule is [N-]=[N+]=NC1C(C(=O)O)OC(n2cnc3c(NCc4cc(Cl)ccc4OCC(=O)NC4C5CC6CC(C5)CC4C6)ncnc32)C1O. The van der Waals surface area contributed by atoms with Crippen molar-refractivity contribution in [3.8, 4) is 5.75 Å². The Balaban J connectivity index is 1.03. The van der Waals surface area contributed by atoms with Gasteiger partial charge in [-0.05, 0) is 79.5 Å². The number of ether oxygens (including phenoxy) is 2. The molecule has 3 aromatic rings. The highest BCUT2D eigenvalue weighted by Crippen LogP contribution is 2.53. The number of hydrogen-bond donors (Lipinski definition) is 4. The molecule has 5 fully saturated rings. The number of nitrogens with zero attached hydrogens (tertiary/aromatic N) is 7. The van der Waals surface area contributed by atoms with Crippen LogP contribution in [0.3, 0.4) is 0 Å². The lowest BCUT2D eigenvalue weighted by atomic mass is 9.54. The number of aliphatic hydroxyl groups is 1. The Morgan fingerprint density at radius 2 is 1.91 bits per heavy atom. The maximum Gasteiger partial charge on any atom is 0.333 e. The molecule has 5 aliphatic rings. The Bertz CT molecular complexity index is 1650. The van der Waals surface area contributed by atoms with E-state index in [0.717, 1.165) is 11.8 Å². The lowest BCUT2D eigenvalue weighted by Gasteiger charge is -2.54. The maximum absolute atomic E-state index is 13.0. The minimum Gasteiger partial charge on any atom is -0.483 e. The summed E-state index contributed by atoms with van der Waals surface area (Å²) in [7, 11) is 0. The van der Waals surface area contributed by atoms with Crippen molar-refractivity contribution in [1.82, 2.24) is 24.8 Å². The fraction of sp³-hybridized carbons (Fsp3) is 0.552. The third kappa shape index (κ3) is 5.61. The molecule has 1 aliphatic heterocycles. The molecule has 4 unspecified atom stereocenters. The van der Waals surface area contributed by atoms with Gasteiger partial charge in [-0.2, -0.15) is 0 Å². The van der Waals surface area contributed by atoms with Gasteiger partial charge in [0, 0.05) is 28.1 Å². The van der Waals surface area contributed by atoms with Crippen LogP contribution in [0, 0.1) is 23.7 Å². The Morgan fingerprint density at radius 1 is 1.16 bits per heavy atom. The van der Waals surface area contributed by atoms with Crippen LogP contribution in [0.4, 0.5) is 5.82 Å². The molecule has 0 radical (unpaired) electrons. The van der Waals surface area contributed by atoms with Crippen molar-refractivity contribution in [2.75, 3.05) is 11.9 Å². The minimum atomic E-state index is -1.55. The number of amides is 1. The van der Waals surface area contributed by atoms with E-state index in [4.69, 9.17) is 26.6 Å². The van der Waals surface area contributed by atoms with E-state index in [1.807, 2.05) is 0 Å². The van der Waals surface area contributed by atoms with E-state index in [1.54, 1.807) is 18.2 Å². The molecule has 4 saturated carbocycles. The predicted molar refractivity (Wildman–Crippen MR) is 159 cm³/mol. The normalized spacial score (nSPS) is 31.5. The zero-order valence-corrected chi connectivity index (χ0v) is 24.8. The van der Waals surface area contributed by atoms with Crippen molar-refractivity contribution in [2.24, 2.45) is 28.8 Å². The van der Waals surface area contributed by atoms with Gasteiger partial charge in [-0.25, -0.2) is 19.7 Å². The molecule has 4 bridgehead atoms. The molecule has 1 amide bonds. The number of aromatic nitrogens is 4. The molecule has 16 heteroatoms. The zero-order chi connectivity index (χ0) is 31.2. The number of carboxylic acids is 1. The number of halogens is 1. The molecule has 0 spiro atoms. The van der Waals surface area contributed by atoms with E-state index in [0.29, 0.717) is 39.5 Å². The van der Waals surface area contributed by atoms with E-state index < -0.39 is 30.4 Å². The fourth-order valence-electron chi connectivity index (χ4n) is 7.99. The molecule has 15 nitrogen and oxygen atoms in total. The van der Waals surface area contributed by atoms with Crippen LogP contribution in [0.15, 0.2) is 36.0 Å². The lowest BCUT2D eigenvalue weighted by Crippen LogP contribution is -2.56. The number of benzene rings is 1. The number of anilines is 1. The monoisotopic (exact) mass is 637 g/mol. The van der Waals surface area contributed by atoms with Crippen LogP contribution in [0.2, 0.25) is 5.02 Å². The number of carbonyl (C=O) groups is 2. The first kappa shape index (κ1) is 29.5. The number of aliphatic carboxylic acids is 1. The molecule has 4 N–H and O–H groups in total. The highest BCUT2D eigenvalue weighted by atomic mass is 35.5. The first-order chi connectivity index (χ1) is 21.8. The number of imidazole rings is 1. The van der Waals surface area contributed by atoms with Crippen molar-refractivity contribution in [1.29, 1.82) is 0 Å². The first-order valence-corrected chi connectivity index (χ1v) is 15.4. The number of hydrogen-bond acceptors (Lipinski definition) is 10. The standard InChI is InChI=1S/C29H32ClN9O6/c30-18-1-2-19(44-10-20(40)36-21-15-4-13-3-14(6-15)7-16(21)5-13)17(8-18)9-32-26-23-27(34-11-33-26)39(12-35-23)28-24(41)22(37-38-31)25(45-28)29(42)43/h1-2,8,11-16,21-22,24-25,28,41H,3-7,9-10H2,(H,36,40)(H,42,43)(H,32,33,34). The van der Waals surface area contributed by atoms with Gasteiger partial charge >= 0.3 is 5.97 Å². The van der Waals surface area contributed by atoms with Gasteiger partial charge in [-0.1, -0.05) is 16.7 Å². The quantitative estimate of drug-likeness (QED) is 0.144. The summed E-state index contributed by atoms with van der Waals surface area (Å²) in [6.45, 7) is 0.103. The van der Waals surface area contributed by atoms with E-state index in [-0.39, 0.29) is 30.7 Å². The molecule has 2 aromatic heterocycles. The minimum absolute atomic E-state index is 0.114. The first-order valence-electron chi connectivity index (χ1n) is 15.0. The number of azide groups is 1. The average Bonchev–Trinajstić information content (AvgIpc) is 3.58. The lowest BCUT2D eigenvalue weighted by molar-refractivity contribution is -0.152. The predicted octanol–water partition coefficient (Wildman–Crippen LogP) is 3.43. The van der Waals surface area contributed by atoms with Crippen LogP contribution in [0.1, 0.15) is 43.9 Å². The summed E-state index contributed by atoms with van der Waals surface area (Å²) in [5.74, 6) is 2.14. The highest BCUT2D eigenvalue weighted by Gasteiger charge is 2.49. The molecular weight excluding hydrogens is 606 g/mol. The van der Waals surface area contributed by atoms with Crippen LogP contribution < -0.4 is 15.4 Å². The second kappa shape index (κ2) is 12.0. The van der Waals surface area contributed by atoms with Crippen LogP contribution in [-0.2, 0) is 20.9 Å². The van der Waals surface area contributed by atoms with E-state index >= 15 is 0 Å². The van der Waals surface area contributed by atoms with Crippen molar-refractivity contribution >= 4 is 40.5 Å². The second-order valence-corrected chi connectivity index (χ2v) is 12.9.